The van der Waals surface area contributed by atoms with Crippen LogP contribution in [0.3, 0.4) is 0 Å². The number of aryl methyl sites for hydroxylation is 2. The van der Waals surface area contributed by atoms with E-state index >= 15 is 0 Å². The van der Waals surface area contributed by atoms with Gasteiger partial charge in [0, 0.05) is 17.4 Å². The third kappa shape index (κ3) is 8.32. The molecule has 184 valence electrons. The molecule has 0 fully saturated rings. The molecule has 0 aliphatic carbocycles. The van der Waals surface area contributed by atoms with Crippen LogP contribution in [0.15, 0.2) is 21.3 Å². The first-order chi connectivity index (χ1) is 16.0. The summed E-state index contributed by atoms with van der Waals surface area (Å²) < 4.78 is 5.50. The van der Waals surface area contributed by atoms with Crippen molar-refractivity contribution in [2.45, 2.75) is 124 Å². The largest absolute Gasteiger partial charge is 0.508 e. The Hall–Kier alpha value is -2.10. The number of rotatable bonds is 17. The lowest BCUT2D eigenvalue weighted by Crippen LogP contribution is -2.18. The van der Waals surface area contributed by atoms with Crippen LogP contribution in [0, 0.1) is 6.92 Å². The lowest BCUT2D eigenvalue weighted by molar-refractivity contribution is 0.0974. The number of phenols is 1. The average Bonchev–Trinajstić information content (AvgIpc) is 2.79. The molecule has 0 saturated carbocycles. The first-order valence-corrected chi connectivity index (χ1v) is 13.3. The molecule has 2 rings (SSSR count). The molecule has 0 saturated heterocycles. The minimum absolute atomic E-state index is 0.0964. The zero-order valence-electron chi connectivity index (χ0n) is 21.1. The number of benzene rings is 1. The molecule has 1 aromatic heterocycles. The van der Waals surface area contributed by atoms with Crippen molar-refractivity contribution in [1.29, 1.82) is 0 Å². The van der Waals surface area contributed by atoms with E-state index < -0.39 is 5.63 Å². The van der Waals surface area contributed by atoms with E-state index in [2.05, 4.69) is 6.92 Å². The topological polar surface area (TPSA) is 67.5 Å². The molecule has 0 aliphatic heterocycles. The van der Waals surface area contributed by atoms with Gasteiger partial charge in [-0.2, -0.15) is 0 Å². The number of hydrogen-bond acceptors (Lipinski definition) is 4. The molecule has 0 unspecified atom stereocenters. The average molecular weight is 457 g/mol. The van der Waals surface area contributed by atoms with Crippen LogP contribution in [-0.2, 0) is 6.42 Å². The number of fused-ring (bicyclic) bond motifs is 1. The zero-order chi connectivity index (χ0) is 24.1. The number of carbonyl (C=O) groups is 1. The molecule has 1 N–H and O–H groups in total. The molecular weight excluding hydrogens is 412 g/mol. The summed E-state index contributed by atoms with van der Waals surface area (Å²) in [5.74, 6) is -0.0120. The van der Waals surface area contributed by atoms with Crippen LogP contribution >= 0.6 is 0 Å². The lowest BCUT2D eigenvalue weighted by atomic mass is 9.94. The fraction of sp³-hybridized carbons (Fsp3) is 0.655. The summed E-state index contributed by atoms with van der Waals surface area (Å²) in [4.78, 5) is 25.6. The van der Waals surface area contributed by atoms with Gasteiger partial charge in [0.25, 0.3) is 0 Å². The second-order valence-electron chi connectivity index (χ2n) is 9.50. The van der Waals surface area contributed by atoms with Gasteiger partial charge in [0.05, 0.1) is 0 Å². The fourth-order valence-electron chi connectivity index (χ4n) is 4.67. The molecule has 1 aromatic carbocycles. The standard InChI is InChI=1S/C29H44O4/c1-4-6-7-8-9-10-11-12-13-14-15-16-17-19-26(31)27-23(18-5-2)24-20-21-25(30)22(3)28(24)33-29(27)32/h20-21,30H,4-19H2,1-3H3. The van der Waals surface area contributed by atoms with Crippen LogP contribution < -0.4 is 5.63 Å². The Labute approximate surface area is 199 Å². The quantitative estimate of drug-likeness (QED) is 0.147. The molecule has 0 bridgehead atoms. The molecular formula is C29H44O4. The summed E-state index contributed by atoms with van der Waals surface area (Å²) in [6, 6.07) is 3.37. The Morgan fingerprint density at radius 1 is 0.818 bits per heavy atom. The van der Waals surface area contributed by atoms with Crippen molar-refractivity contribution >= 4 is 16.8 Å². The fourth-order valence-corrected chi connectivity index (χ4v) is 4.67. The Morgan fingerprint density at radius 3 is 1.91 bits per heavy atom. The predicted molar refractivity (Wildman–Crippen MR) is 138 cm³/mol. The lowest BCUT2D eigenvalue weighted by Gasteiger charge is -2.12. The third-order valence-electron chi connectivity index (χ3n) is 6.69. The van der Waals surface area contributed by atoms with Crippen molar-refractivity contribution in [1.82, 2.24) is 0 Å². The van der Waals surface area contributed by atoms with E-state index in [4.69, 9.17) is 4.42 Å². The second kappa shape index (κ2) is 14.9. The maximum absolute atomic E-state index is 12.9. The molecule has 0 spiro atoms. The maximum atomic E-state index is 12.9. The van der Waals surface area contributed by atoms with Crippen molar-refractivity contribution in [3.63, 3.8) is 0 Å². The number of aromatic hydroxyl groups is 1. The van der Waals surface area contributed by atoms with Crippen molar-refractivity contribution in [2.75, 3.05) is 0 Å². The van der Waals surface area contributed by atoms with E-state index in [1.165, 1.54) is 64.2 Å². The van der Waals surface area contributed by atoms with Crippen LogP contribution in [0.5, 0.6) is 5.75 Å². The Balaban J connectivity index is 1.78. The summed E-state index contributed by atoms with van der Waals surface area (Å²) in [7, 11) is 0. The van der Waals surface area contributed by atoms with E-state index in [-0.39, 0.29) is 17.1 Å². The third-order valence-corrected chi connectivity index (χ3v) is 6.69. The van der Waals surface area contributed by atoms with Crippen molar-refractivity contribution in [3.8, 4) is 5.75 Å². The van der Waals surface area contributed by atoms with Crippen LogP contribution in [-0.4, -0.2) is 10.9 Å². The van der Waals surface area contributed by atoms with Crippen molar-refractivity contribution < 1.29 is 14.3 Å². The maximum Gasteiger partial charge on any atom is 0.347 e. The molecule has 1 heterocycles. The first kappa shape index (κ1) is 27.1. The monoisotopic (exact) mass is 456 g/mol. The Kier molecular flexibility index (Phi) is 12.3. The van der Waals surface area contributed by atoms with Crippen LogP contribution in [0.2, 0.25) is 0 Å². The van der Waals surface area contributed by atoms with Gasteiger partial charge in [0.1, 0.15) is 16.9 Å². The van der Waals surface area contributed by atoms with Gasteiger partial charge in [-0.15, -0.1) is 0 Å². The highest BCUT2D eigenvalue weighted by molar-refractivity contribution is 6.01. The Morgan fingerprint density at radius 2 is 1.36 bits per heavy atom. The molecule has 0 amide bonds. The van der Waals surface area contributed by atoms with Gasteiger partial charge < -0.3 is 9.52 Å². The molecule has 2 aromatic rings. The van der Waals surface area contributed by atoms with Gasteiger partial charge in [-0.25, -0.2) is 4.79 Å². The van der Waals surface area contributed by atoms with Crippen LogP contribution in [0.25, 0.3) is 11.0 Å². The van der Waals surface area contributed by atoms with Gasteiger partial charge in [-0.05, 0) is 37.5 Å². The SMILES string of the molecule is CCCCCCCCCCCCCCCC(=O)c1c(CCC)c2ccc(O)c(C)c2oc1=O. The number of Topliss-reactive ketones (excluding diaryl/α,β-unsaturated/α-hetero) is 1. The van der Waals surface area contributed by atoms with Crippen LogP contribution in [0.1, 0.15) is 132 Å². The highest BCUT2D eigenvalue weighted by atomic mass is 16.4. The van der Waals surface area contributed by atoms with E-state index in [1.54, 1.807) is 19.1 Å². The number of ketones is 1. The van der Waals surface area contributed by atoms with Gasteiger partial charge in [0.15, 0.2) is 5.78 Å². The van der Waals surface area contributed by atoms with Crippen molar-refractivity contribution in [3.05, 3.63) is 39.2 Å². The summed E-state index contributed by atoms with van der Waals surface area (Å²) in [6.45, 7) is 6.02. The molecule has 0 radical (unpaired) electrons. The van der Waals surface area contributed by atoms with E-state index in [0.29, 0.717) is 24.0 Å². The highest BCUT2D eigenvalue weighted by Gasteiger charge is 2.21. The van der Waals surface area contributed by atoms with Gasteiger partial charge >= 0.3 is 5.63 Å². The van der Waals surface area contributed by atoms with Gasteiger partial charge in [-0.1, -0.05) is 97.3 Å². The molecule has 33 heavy (non-hydrogen) atoms. The minimum Gasteiger partial charge on any atom is -0.508 e. The molecule has 0 aliphatic rings. The predicted octanol–water partition coefficient (Wildman–Crippen LogP) is 8.42. The van der Waals surface area contributed by atoms with E-state index in [9.17, 15) is 14.7 Å². The summed E-state index contributed by atoms with van der Waals surface area (Å²) in [6.07, 6.45) is 18.2. The zero-order valence-corrected chi connectivity index (χ0v) is 21.1. The second-order valence-corrected chi connectivity index (χ2v) is 9.50. The Bertz CT molecular complexity index is 925. The van der Waals surface area contributed by atoms with E-state index in [1.807, 2.05) is 6.92 Å². The number of phenolic OH excluding ortho intramolecular Hbond substituents is 1. The normalized spacial score (nSPS) is 11.4. The highest BCUT2D eigenvalue weighted by Crippen LogP contribution is 2.30. The van der Waals surface area contributed by atoms with Gasteiger partial charge in [-0.3, -0.25) is 4.79 Å². The van der Waals surface area contributed by atoms with Crippen LogP contribution in [0.4, 0.5) is 0 Å². The number of carbonyl (C=O) groups excluding carboxylic acids is 1. The van der Waals surface area contributed by atoms with Crippen molar-refractivity contribution in [2.24, 2.45) is 0 Å². The smallest absolute Gasteiger partial charge is 0.347 e. The summed E-state index contributed by atoms with van der Waals surface area (Å²) >= 11 is 0. The summed E-state index contributed by atoms with van der Waals surface area (Å²) in [5, 5.41) is 10.7. The molecule has 4 nitrogen and oxygen atoms in total. The van der Waals surface area contributed by atoms with E-state index in [0.717, 1.165) is 36.6 Å². The number of hydrogen-bond donors (Lipinski definition) is 1. The molecule has 0 atom stereocenters. The molecule has 4 heteroatoms. The van der Waals surface area contributed by atoms with Gasteiger partial charge in [0.2, 0.25) is 0 Å². The number of unbranched alkanes of at least 4 members (excludes halogenated alkanes) is 12. The summed E-state index contributed by atoms with van der Waals surface area (Å²) in [5.41, 5.74) is 1.35. The minimum atomic E-state index is -0.570. The first-order valence-electron chi connectivity index (χ1n) is 13.3.